The van der Waals surface area contributed by atoms with E-state index >= 15 is 0 Å². The minimum Gasteiger partial charge on any atom is -0.393 e. The van der Waals surface area contributed by atoms with E-state index in [-0.39, 0.29) is 6.10 Å². The number of aliphatic hydroxyl groups excluding tert-OH is 1. The molecule has 4 aliphatic carbocycles. The van der Waals surface area contributed by atoms with Crippen LogP contribution in [-0.4, -0.2) is 11.2 Å². The minimum atomic E-state index is 0.00767. The lowest BCUT2D eigenvalue weighted by molar-refractivity contribution is -0.0732. The maximum Gasteiger partial charge on any atom is 0.0543 e. The van der Waals surface area contributed by atoms with Crippen LogP contribution in [0.1, 0.15) is 64.7 Å². The van der Waals surface area contributed by atoms with Crippen LogP contribution in [0, 0.1) is 40.9 Å². The summed E-state index contributed by atoms with van der Waals surface area (Å²) in [5, 5.41) is 9.99. The maximum atomic E-state index is 9.99. The fourth-order valence-electron chi connectivity index (χ4n) is 7.26. The molecule has 4 rings (SSSR count). The van der Waals surface area contributed by atoms with Crippen molar-refractivity contribution in [1.82, 2.24) is 0 Å². The highest BCUT2D eigenvalue weighted by molar-refractivity contribution is 5.09. The Bertz CT molecular complexity index is 416. The lowest BCUT2D eigenvalue weighted by Crippen LogP contribution is -2.48. The third-order valence-electron chi connectivity index (χ3n) is 8.28. The molecule has 118 valence electrons. The number of rotatable bonds is 1. The molecular formula is C20H32O. The molecule has 4 saturated carbocycles. The molecular weight excluding hydrogens is 256 g/mol. The van der Waals surface area contributed by atoms with E-state index in [0.717, 1.165) is 48.3 Å². The maximum absolute atomic E-state index is 9.99. The molecule has 8 atom stereocenters. The number of allylic oxidation sites excluding steroid dienone is 1. The highest BCUT2D eigenvalue weighted by atomic mass is 16.3. The molecule has 0 aromatic carbocycles. The topological polar surface area (TPSA) is 20.2 Å². The molecule has 0 amide bonds. The third kappa shape index (κ3) is 2.06. The van der Waals surface area contributed by atoms with Gasteiger partial charge in [-0.1, -0.05) is 13.0 Å². The van der Waals surface area contributed by atoms with E-state index in [4.69, 9.17) is 0 Å². The summed E-state index contributed by atoms with van der Waals surface area (Å²) >= 11 is 0. The molecule has 0 saturated heterocycles. The highest BCUT2D eigenvalue weighted by Crippen LogP contribution is 2.64. The van der Waals surface area contributed by atoms with Crippen molar-refractivity contribution in [3.05, 3.63) is 12.7 Å². The summed E-state index contributed by atoms with van der Waals surface area (Å²) in [5.74, 6) is 5.50. The minimum absolute atomic E-state index is 0.00767. The zero-order chi connectivity index (χ0) is 14.6. The summed E-state index contributed by atoms with van der Waals surface area (Å²) in [4.78, 5) is 0. The molecule has 1 heteroatoms. The Kier molecular flexibility index (Phi) is 3.48. The summed E-state index contributed by atoms with van der Waals surface area (Å²) in [7, 11) is 0. The van der Waals surface area contributed by atoms with Crippen LogP contribution in [0.25, 0.3) is 0 Å². The Morgan fingerprint density at radius 2 is 1.76 bits per heavy atom. The molecule has 0 radical (unpaired) electrons. The molecule has 4 fully saturated rings. The molecule has 0 aliphatic heterocycles. The average Bonchev–Trinajstić information content (AvgIpc) is 2.83. The van der Waals surface area contributed by atoms with Gasteiger partial charge in [0, 0.05) is 0 Å². The number of hydrogen-bond acceptors (Lipinski definition) is 1. The van der Waals surface area contributed by atoms with Gasteiger partial charge in [0.05, 0.1) is 6.10 Å². The molecule has 0 heterocycles. The van der Waals surface area contributed by atoms with Crippen LogP contribution in [0.15, 0.2) is 12.7 Å². The lowest BCUT2D eigenvalue weighted by atomic mass is 9.49. The zero-order valence-corrected chi connectivity index (χ0v) is 13.6. The van der Waals surface area contributed by atoms with Crippen LogP contribution in [0.3, 0.4) is 0 Å². The van der Waals surface area contributed by atoms with Gasteiger partial charge in [-0.15, -0.1) is 6.58 Å². The quantitative estimate of drug-likeness (QED) is 0.687. The van der Waals surface area contributed by atoms with Gasteiger partial charge < -0.3 is 5.11 Å². The van der Waals surface area contributed by atoms with Crippen molar-refractivity contribution in [2.24, 2.45) is 40.9 Å². The molecule has 0 spiro atoms. The van der Waals surface area contributed by atoms with Gasteiger partial charge in [0.2, 0.25) is 0 Å². The Balaban J connectivity index is 1.56. The van der Waals surface area contributed by atoms with Crippen molar-refractivity contribution in [2.75, 3.05) is 0 Å². The summed E-state index contributed by atoms with van der Waals surface area (Å²) in [6.45, 7) is 6.70. The Labute approximate surface area is 130 Å². The van der Waals surface area contributed by atoms with Crippen LogP contribution in [0.2, 0.25) is 0 Å². The largest absolute Gasteiger partial charge is 0.393 e. The van der Waals surface area contributed by atoms with Gasteiger partial charge in [0.25, 0.3) is 0 Å². The second-order valence-corrected chi connectivity index (χ2v) is 8.87. The predicted octanol–water partition coefficient (Wildman–Crippen LogP) is 4.80. The third-order valence-corrected chi connectivity index (χ3v) is 8.28. The summed E-state index contributed by atoms with van der Waals surface area (Å²) < 4.78 is 0. The molecule has 21 heavy (non-hydrogen) atoms. The first-order chi connectivity index (χ1) is 10.1. The smallest absolute Gasteiger partial charge is 0.0543 e. The first-order valence-electron chi connectivity index (χ1n) is 9.44. The number of aliphatic hydroxyl groups is 1. The van der Waals surface area contributed by atoms with E-state index in [1.165, 1.54) is 44.9 Å². The van der Waals surface area contributed by atoms with Gasteiger partial charge in [-0.2, -0.15) is 0 Å². The van der Waals surface area contributed by atoms with Crippen LogP contribution in [0.5, 0.6) is 0 Å². The van der Waals surface area contributed by atoms with Crippen molar-refractivity contribution in [1.29, 1.82) is 0 Å². The summed E-state index contributed by atoms with van der Waals surface area (Å²) in [5.41, 5.74) is 0.559. The van der Waals surface area contributed by atoms with E-state index < -0.39 is 0 Å². The van der Waals surface area contributed by atoms with Gasteiger partial charge >= 0.3 is 0 Å². The highest BCUT2D eigenvalue weighted by Gasteiger charge is 2.56. The SMILES string of the molecule is C=C[C@H]1CC[C@H]2[C@@H]3CC[C@H]4C[C@H](O)CC[C@@H]4[C@H]3CC[C@]12C. The Hall–Kier alpha value is -0.300. The molecule has 1 N–H and O–H groups in total. The van der Waals surface area contributed by atoms with Gasteiger partial charge in [0.1, 0.15) is 0 Å². The first kappa shape index (κ1) is 14.3. The lowest BCUT2D eigenvalue weighted by Gasteiger charge is -2.56. The molecule has 0 unspecified atom stereocenters. The standard InChI is InChI=1S/C20H32O/c1-3-14-5-9-19-18-7-4-13-12-15(21)6-8-16(13)17(18)10-11-20(14,19)2/h3,13-19,21H,1,4-12H2,2H3/t13-,14-,15+,16-,17+,18+,19-,20+/m0/s1. The van der Waals surface area contributed by atoms with Crippen LogP contribution < -0.4 is 0 Å². The molecule has 4 aliphatic rings. The van der Waals surface area contributed by atoms with E-state index in [2.05, 4.69) is 19.6 Å². The normalized spacial score (nSPS) is 56.2. The van der Waals surface area contributed by atoms with Gasteiger partial charge in [-0.05, 0) is 98.7 Å². The van der Waals surface area contributed by atoms with Gasteiger partial charge in [-0.25, -0.2) is 0 Å². The van der Waals surface area contributed by atoms with E-state index in [1.54, 1.807) is 0 Å². The second-order valence-electron chi connectivity index (χ2n) is 8.87. The van der Waals surface area contributed by atoms with E-state index in [0.29, 0.717) is 5.41 Å². The van der Waals surface area contributed by atoms with Crippen molar-refractivity contribution >= 4 is 0 Å². The van der Waals surface area contributed by atoms with Gasteiger partial charge in [0.15, 0.2) is 0 Å². The van der Waals surface area contributed by atoms with E-state index in [9.17, 15) is 5.11 Å². The average molecular weight is 288 g/mol. The van der Waals surface area contributed by atoms with Crippen molar-refractivity contribution in [3.8, 4) is 0 Å². The Morgan fingerprint density at radius 1 is 0.952 bits per heavy atom. The fraction of sp³-hybridized carbons (Fsp3) is 0.900. The zero-order valence-electron chi connectivity index (χ0n) is 13.6. The number of hydrogen-bond donors (Lipinski definition) is 1. The van der Waals surface area contributed by atoms with Crippen molar-refractivity contribution < 1.29 is 5.11 Å². The van der Waals surface area contributed by atoms with Crippen molar-refractivity contribution in [2.45, 2.75) is 70.8 Å². The van der Waals surface area contributed by atoms with Gasteiger partial charge in [-0.3, -0.25) is 0 Å². The van der Waals surface area contributed by atoms with Crippen LogP contribution in [-0.2, 0) is 0 Å². The predicted molar refractivity (Wildman–Crippen MR) is 86.8 cm³/mol. The Morgan fingerprint density at radius 3 is 2.57 bits per heavy atom. The molecule has 0 bridgehead atoms. The molecule has 0 aromatic rings. The van der Waals surface area contributed by atoms with E-state index in [1.807, 2.05) is 0 Å². The second kappa shape index (κ2) is 5.11. The van der Waals surface area contributed by atoms with Crippen molar-refractivity contribution in [3.63, 3.8) is 0 Å². The van der Waals surface area contributed by atoms with Crippen LogP contribution in [0.4, 0.5) is 0 Å². The summed E-state index contributed by atoms with van der Waals surface area (Å²) in [6.07, 6.45) is 14.3. The van der Waals surface area contributed by atoms with Crippen LogP contribution >= 0.6 is 0 Å². The molecule has 0 aromatic heterocycles. The molecule has 1 nitrogen and oxygen atoms in total. The first-order valence-corrected chi connectivity index (χ1v) is 9.44. The monoisotopic (exact) mass is 288 g/mol. The number of fused-ring (bicyclic) bond motifs is 5. The fourth-order valence-corrected chi connectivity index (χ4v) is 7.26. The summed E-state index contributed by atoms with van der Waals surface area (Å²) in [6, 6.07) is 0.